The number of ether oxygens (including phenoxy) is 1. The maximum atomic E-state index is 9.23. The summed E-state index contributed by atoms with van der Waals surface area (Å²) in [6, 6.07) is 7.17. The minimum Gasteiger partial charge on any atom is -0.491 e. The molecular formula is C10H15NO2. The largest absolute Gasteiger partial charge is 0.491 e. The van der Waals surface area contributed by atoms with E-state index in [4.69, 9.17) is 10.5 Å². The summed E-state index contributed by atoms with van der Waals surface area (Å²) in [6.07, 6.45) is 0.295. The third-order valence-corrected chi connectivity index (χ3v) is 1.77. The lowest BCUT2D eigenvalue weighted by molar-refractivity contribution is 0.104. The molecule has 1 aromatic carbocycles. The zero-order chi connectivity index (χ0) is 9.68. The lowest BCUT2D eigenvalue weighted by atomic mass is 10.3. The van der Waals surface area contributed by atoms with E-state index in [0.717, 1.165) is 0 Å². The molecule has 0 fully saturated rings. The topological polar surface area (TPSA) is 55.5 Å². The third-order valence-electron chi connectivity index (χ3n) is 1.77. The van der Waals surface area contributed by atoms with Crippen LogP contribution in [0.25, 0.3) is 0 Å². The smallest absolute Gasteiger partial charge is 0.121 e. The Bertz CT molecular complexity index is 263. The first kappa shape index (κ1) is 9.86. The molecule has 0 spiro atoms. The van der Waals surface area contributed by atoms with Crippen molar-refractivity contribution >= 4 is 5.69 Å². The van der Waals surface area contributed by atoms with E-state index in [1.807, 2.05) is 19.1 Å². The van der Waals surface area contributed by atoms with Crippen molar-refractivity contribution in [2.45, 2.75) is 19.4 Å². The monoisotopic (exact) mass is 181 g/mol. The quantitative estimate of drug-likeness (QED) is 0.691. The Morgan fingerprint density at radius 3 is 2.92 bits per heavy atom. The average Bonchev–Trinajstić information content (AvgIpc) is 2.14. The van der Waals surface area contributed by atoms with Crippen LogP contribution in [0.15, 0.2) is 24.3 Å². The lowest BCUT2D eigenvalue weighted by Gasteiger charge is -2.10. The van der Waals surface area contributed by atoms with E-state index < -0.39 is 6.10 Å². The van der Waals surface area contributed by atoms with Gasteiger partial charge in [-0.15, -0.1) is 0 Å². The highest BCUT2D eigenvalue weighted by molar-refractivity contribution is 5.43. The Balaban J connectivity index is 2.45. The molecule has 1 unspecified atom stereocenters. The van der Waals surface area contributed by atoms with E-state index in [2.05, 4.69) is 0 Å². The Kier molecular flexibility index (Phi) is 3.58. The number of anilines is 1. The van der Waals surface area contributed by atoms with Crippen LogP contribution in [0.1, 0.15) is 13.3 Å². The van der Waals surface area contributed by atoms with Crippen LogP contribution in [0.3, 0.4) is 0 Å². The van der Waals surface area contributed by atoms with E-state index in [1.165, 1.54) is 0 Å². The van der Waals surface area contributed by atoms with Crippen LogP contribution in [0.4, 0.5) is 5.69 Å². The fraction of sp³-hybridized carbons (Fsp3) is 0.400. The number of hydrogen-bond acceptors (Lipinski definition) is 3. The minimum atomic E-state index is -0.401. The summed E-state index contributed by atoms with van der Waals surface area (Å²) < 4.78 is 5.31. The molecule has 0 heterocycles. The fourth-order valence-corrected chi connectivity index (χ4v) is 0.915. The molecular weight excluding hydrogens is 166 g/mol. The number of rotatable bonds is 4. The first-order chi connectivity index (χ1) is 6.22. The van der Waals surface area contributed by atoms with Gasteiger partial charge in [-0.3, -0.25) is 0 Å². The zero-order valence-electron chi connectivity index (χ0n) is 7.73. The van der Waals surface area contributed by atoms with Crippen molar-refractivity contribution in [3.05, 3.63) is 24.3 Å². The van der Waals surface area contributed by atoms with Crippen LogP contribution < -0.4 is 10.5 Å². The van der Waals surface area contributed by atoms with Crippen LogP contribution in [0.5, 0.6) is 5.75 Å². The van der Waals surface area contributed by atoms with E-state index in [-0.39, 0.29) is 0 Å². The highest BCUT2D eigenvalue weighted by Crippen LogP contribution is 2.14. The van der Waals surface area contributed by atoms with Gasteiger partial charge >= 0.3 is 0 Å². The van der Waals surface area contributed by atoms with Gasteiger partial charge in [0.05, 0.1) is 6.10 Å². The Morgan fingerprint density at radius 1 is 1.54 bits per heavy atom. The summed E-state index contributed by atoms with van der Waals surface area (Å²) in [7, 11) is 0. The van der Waals surface area contributed by atoms with Gasteiger partial charge in [0.25, 0.3) is 0 Å². The molecule has 0 aliphatic rings. The minimum absolute atomic E-state index is 0.319. The van der Waals surface area contributed by atoms with Gasteiger partial charge in [-0.2, -0.15) is 0 Å². The molecule has 0 saturated carbocycles. The van der Waals surface area contributed by atoms with E-state index in [0.29, 0.717) is 24.5 Å². The van der Waals surface area contributed by atoms with Crippen molar-refractivity contribution in [1.29, 1.82) is 0 Å². The number of aliphatic hydroxyl groups excluding tert-OH is 1. The zero-order valence-corrected chi connectivity index (χ0v) is 7.73. The molecule has 0 bridgehead atoms. The molecule has 0 amide bonds. The predicted molar refractivity (Wildman–Crippen MR) is 52.6 cm³/mol. The Hall–Kier alpha value is -1.22. The Morgan fingerprint density at radius 2 is 2.31 bits per heavy atom. The molecule has 3 N–H and O–H groups in total. The van der Waals surface area contributed by atoms with Gasteiger partial charge < -0.3 is 15.6 Å². The first-order valence-corrected chi connectivity index (χ1v) is 4.38. The van der Waals surface area contributed by atoms with Gasteiger partial charge in [0.1, 0.15) is 12.4 Å². The molecule has 1 rings (SSSR count). The van der Waals surface area contributed by atoms with Crippen LogP contribution in [0.2, 0.25) is 0 Å². The second-order valence-corrected chi connectivity index (χ2v) is 2.95. The standard InChI is InChI=1S/C10H15NO2/c1-2-9(12)7-13-10-5-3-4-8(11)6-10/h3-6,9,12H,2,7,11H2,1H3. The summed E-state index contributed by atoms with van der Waals surface area (Å²) in [4.78, 5) is 0. The molecule has 72 valence electrons. The summed E-state index contributed by atoms with van der Waals surface area (Å²) in [5.74, 6) is 0.701. The van der Waals surface area contributed by atoms with E-state index in [1.54, 1.807) is 12.1 Å². The molecule has 1 aromatic rings. The summed E-state index contributed by atoms with van der Waals surface area (Å²) in [6.45, 7) is 2.23. The van der Waals surface area contributed by atoms with Crippen LogP contribution in [-0.2, 0) is 0 Å². The van der Waals surface area contributed by atoms with Crippen LogP contribution >= 0.6 is 0 Å². The Labute approximate surface area is 78.1 Å². The lowest BCUT2D eigenvalue weighted by Crippen LogP contribution is -2.15. The summed E-state index contributed by atoms with van der Waals surface area (Å²) in [5, 5.41) is 9.23. The number of benzene rings is 1. The summed E-state index contributed by atoms with van der Waals surface area (Å²) in [5.41, 5.74) is 6.22. The number of hydrogen-bond donors (Lipinski definition) is 2. The van der Waals surface area contributed by atoms with Gasteiger partial charge in [0.15, 0.2) is 0 Å². The van der Waals surface area contributed by atoms with Crippen LogP contribution in [-0.4, -0.2) is 17.8 Å². The normalized spacial score (nSPS) is 12.5. The fourth-order valence-electron chi connectivity index (χ4n) is 0.915. The highest BCUT2D eigenvalue weighted by atomic mass is 16.5. The van der Waals surface area contributed by atoms with Gasteiger partial charge in [-0.25, -0.2) is 0 Å². The number of aliphatic hydroxyl groups is 1. The van der Waals surface area contributed by atoms with Crippen molar-refractivity contribution in [2.75, 3.05) is 12.3 Å². The molecule has 0 radical (unpaired) electrons. The third kappa shape index (κ3) is 3.34. The van der Waals surface area contributed by atoms with E-state index in [9.17, 15) is 5.11 Å². The molecule has 0 aromatic heterocycles. The maximum Gasteiger partial charge on any atom is 0.121 e. The molecule has 0 aliphatic heterocycles. The number of nitrogen functional groups attached to an aromatic ring is 1. The van der Waals surface area contributed by atoms with E-state index >= 15 is 0 Å². The first-order valence-electron chi connectivity index (χ1n) is 4.38. The van der Waals surface area contributed by atoms with Gasteiger partial charge in [0, 0.05) is 11.8 Å². The van der Waals surface area contributed by atoms with Gasteiger partial charge in [-0.1, -0.05) is 13.0 Å². The second kappa shape index (κ2) is 4.72. The molecule has 0 saturated heterocycles. The van der Waals surface area contributed by atoms with Gasteiger partial charge in [0.2, 0.25) is 0 Å². The molecule has 3 nitrogen and oxygen atoms in total. The SMILES string of the molecule is CCC(O)COc1cccc(N)c1. The van der Waals surface area contributed by atoms with Crippen molar-refractivity contribution in [3.8, 4) is 5.75 Å². The van der Waals surface area contributed by atoms with Crippen molar-refractivity contribution < 1.29 is 9.84 Å². The second-order valence-electron chi connectivity index (χ2n) is 2.95. The number of nitrogens with two attached hydrogens (primary N) is 1. The van der Waals surface area contributed by atoms with Crippen LogP contribution in [0, 0.1) is 0 Å². The maximum absolute atomic E-state index is 9.23. The molecule has 13 heavy (non-hydrogen) atoms. The molecule has 0 aliphatic carbocycles. The van der Waals surface area contributed by atoms with Crippen molar-refractivity contribution in [1.82, 2.24) is 0 Å². The van der Waals surface area contributed by atoms with Gasteiger partial charge in [-0.05, 0) is 18.6 Å². The summed E-state index contributed by atoms with van der Waals surface area (Å²) >= 11 is 0. The molecule has 1 atom stereocenters. The predicted octanol–water partition coefficient (Wildman–Crippen LogP) is 1.42. The van der Waals surface area contributed by atoms with Crippen molar-refractivity contribution in [2.24, 2.45) is 0 Å². The molecule has 3 heteroatoms. The average molecular weight is 181 g/mol. The highest BCUT2D eigenvalue weighted by Gasteiger charge is 2.01. The van der Waals surface area contributed by atoms with Crippen molar-refractivity contribution in [3.63, 3.8) is 0 Å².